The topological polar surface area (TPSA) is 30.0 Å². The number of aromatic nitrogens is 1. The maximum Gasteiger partial charge on any atom is 0.184 e. The smallest absolute Gasteiger partial charge is 0.184 e. The number of pyridine rings is 1. The van der Waals surface area contributed by atoms with E-state index in [2.05, 4.69) is 11.6 Å². The molecule has 0 aliphatic rings. The molecule has 2 nitrogen and oxygen atoms in total. The second-order valence-corrected chi connectivity index (χ2v) is 2.13. The van der Waals surface area contributed by atoms with Gasteiger partial charge in [0.2, 0.25) is 0 Å². The van der Waals surface area contributed by atoms with Crippen LogP contribution in [-0.2, 0) is 0 Å². The van der Waals surface area contributed by atoms with Gasteiger partial charge in [0.25, 0.3) is 0 Å². The average Bonchev–Trinajstić information content (AvgIpc) is 2.07. The lowest BCUT2D eigenvalue weighted by atomic mass is 10.2. The normalized spacial score (nSPS) is 9.09. The first-order valence-electron chi connectivity index (χ1n) is 3.39. The maximum absolute atomic E-state index is 11.1. The van der Waals surface area contributed by atoms with Crippen molar-refractivity contribution in [3.63, 3.8) is 0 Å². The molecule has 0 unspecified atom stereocenters. The molecule has 0 aliphatic carbocycles. The highest BCUT2D eigenvalue weighted by atomic mass is 16.1. The van der Waals surface area contributed by atoms with Crippen LogP contribution in [0.4, 0.5) is 0 Å². The molecule has 0 fully saturated rings. The predicted octanol–water partition coefficient (Wildman–Crippen LogP) is 1.84. The Morgan fingerprint density at radius 1 is 1.64 bits per heavy atom. The Labute approximate surface area is 65.6 Å². The lowest BCUT2D eigenvalue weighted by molar-refractivity contribution is 0.0991. The lowest BCUT2D eigenvalue weighted by Gasteiger charge is -1.93. The first-order chi connectivity index (χ1) is 5.34. The Hall–Kier alpha value is -1.44. The number of Topliss-reactive ketones (excluding diaryl/α,β-unsaturated/α-hetero) is 1. The SMILES string of the molecule is C=CCC(=O)c1ccccn1. The van der Waals surface area contributed by atoms with Crippen LogP contribution in [0.3, 0.4) is 0 Å². The Bertz CT molecular complexity index is 254. The van der Waals surface area contributed by atoms with E-state index in [1.165, 1.54) is 0 Å². The van der Waals surface area contributed by atoms with Crippen LogP contribution in [0.1, 0.15) is 16.9 Å². The molecule has 0 radical (unpaired) electrons. The second-order valence-electron chi connectivity index (χ2n) is 2.13. The van der Waals surface area contributed by atoms with Gasteiger partial charge in [-0.1, -0.05) is 12.1 Å². The van der Waals surface area contributed by atoms with Crippen LogP contribution >= 0.6 is 0 Å². The van der Waals surface area contributed by atoms with E-state index in [-0.39, 0.29) is 5.78 Å². The van der Waals surface area contributed by atoms with Crippen molar-refractivity contribution in [1.82, 2.24) is 4.98 Å². The fraction of sp³-hybridized carbons (Fsp3) is 0.111. The molecule has 1 aromatic rings. The highest BCUT2D eigenvalue weighted by molar-refractivity contribution is 5.94. The number of rotatable bonds is 3. The van der Waals surface area contributed by atoms with Gasteiger partial charge in [-0.2, -0.15) is 0 Å². The molecule has 0 amide bonds. The molecule has 1 heterocycles. The average molecular weight is 147 g/mol. The van der Waals surface area contributed by atoms with Crippen molar-refractivity contribution in [2.75, 3.05) is 0 Å². The molecule has 0 aliphatic heterocycles. The molecule has 0 aromatic carbocycles. The van der Waals surface area contributed by atoms with Crippen LogP contribution in [0.5, 0.6) is 0 Å². The van der Waals surface area contributed by atoms with Gasteiger partial charge in [0.15, 0.2) is 5.78 Å². The zero-order valence-corrected chi connectivity index (χ0v) is 6.16. The summed E-state index contributed by atoms with van der Waals surface area (Å²) >= 11 is 0. The van der Waals surface area contributed by atoms with Crippen LogP contribution in [0.25, 0.3) is 0 Å². The first-order valence-corrected chi connectivity index (χ1v) is 3.39. The molecule has 0 N–H and O–H groups in total. The van der Waals surface area contributed by atoms with E-state index >= 15 is 0 Å². The minimum absolute atomic E-state index is 0.0144. The number of ketones is 1. The van der Waals surface area contributed by atoms with Gasteiger partial charge in [-0.25, -0.2) is 0 Å². The fourth-order valence-corrected chi connectivity index (χ4v) is 0.763. The van der Waals surface area contributed by atoms with Crippen LogP contribution in [0.15, 0.2) is 37.1 Å². The van der Waals surface area contributed by atoms with E-state index in [9.17, 15) is 4.79 Å². The van der Waals surface area contributed by atoms with Crippen molar-refractivity contribution in [1.29, 1.82) is 0 Å². The van der Waals surface area contributed by atoms with E-state index in [0.717, 1.165) is 0 Å². The fourth-order valence-electron chi connectivity index (χ4n) is 0.763. The van der Waals surface area contributed by atoms with Gasteiger partial charge in [0.1, 0.15) is 5.69 Å². The summed E-state index contributed by atoms with van der Waals surface area (Å²) in [6.07, 6.45) is 3.55. The third-order valence-corrected chi connectivity index (χ3v) is 1.28. The second kappa shape index (κ2) is 3.66. The van der Waals surface area contributed by atoms with Crippen LogP contribution in [-0.4, -0.2) is 10.8 Å². The van der Waals surface area contributed by atoms with E-state index < -0.39 is 0 Å². The monoisotopic (exact) mass is 147 g/mol. The Kier molecular flexibility index (Phi) is 2.55. The first kappa shape index (κ1) is 7.66. The van der Waals surface area contributed by atoms with Gasteiger partial charge in [0.05, 0.1) is 0 Å². The van der Waals surface area contributed by atoms with E-state index in [1.54, 1.807) is 30.5 Å². The van der Waals surface area contributed by atoms with Crippen molar-refractivity contribution in [2.45, 2.75) is 6.42 Å². The Morgan fingerprint density at radius 3 is 3.00 bits per heavy atom. The number of hydrogen-bond acceptors (Lipinski definition) is 2. The van der Waals surface area contributed by atoms with Gasteiger partial charge >= 0.3 is 0 Å². The summed E-state index contributed by atoms with van der Waals surface area (Å²) in [6, 6.07) is 5.28. The van der Waals surface area contributed by atoms with Crippen molar-refractivity contribution >= 4 is 5.78 Å². The molecule has 56 valence electrons. The van der Waals surface area contributed by atoms with Crippen LogP contribution in [0.2, 0.25) is 0 Å². The van der Waals surface area contributed by atoms with Gasteiger partial charge < -0.3 is 0 Å². The highest BCUT2D eigenvalue weighted by Gasteiger charge is 2.01. The minimum Gasteiger partial charge on any atom is -0.292 e. The van der Waals surface area contributed by atoms with E-state index in [1.807, 2.05) is 0 Å². The molecule has 1 rings (SSSR count). The van der Waals surface area contributed by atoms with Crippen LogP contribution in [0, 0.1) is 0 Å². The molecule has 1 aromatic heterocycles. The summed E-state index contributed by atoms with van der Waals surface area (Å²) in [5.41, 5.74) is 0.507. The number of allylic oxidation sites excluding steroid dienone is 1. The minimum atomic E-state index is 0.0144. The summed E-state index contributed by atoms with van der Waals surface area (Å²) in [4.78, 5) is 15.0. The molecule has 0 saturated carbocycles. The molecule has 0 bridgehead atoms. The van der Waals surface area contributed by atoms with Crippen molar-refractivity contribution in [2.24, 2.45) is 0 Å². The Morgan fingerprint density at radius 2 is 2.45 bits per heavy atom. The number of hydrogen-bond donors (Lipinski definition) is 0. The molecule has 11 heavy (non-hydrogen) atoms. The van der Waals surface area contributed by atoms with Crippen LogP contribution < -0.4 is 0 Å². The van der Waals surface area contributed by atoms with Gasteiger partial charge in [-0.3, -0.25) is 9.78 Å². The molecule has 0 saturated heterocycles. The lowest BCUT2D eigenvalue weighted by Crippen LogP contribution is -1.98. The third-order valence-electron chi connectivity index (χ3n) is 1.28. The number of carbonyl (C=O) groups is 1. The summed E-state index contributed by atoms with van der Waals surface area (Å²) in [7, 11) is 0. The zero-order chi connectivity index (χ0) is 8.10. The number of nitrogens with zero attached hydrogens (tertiary/aromatic N) is 1. The molecule has 2 heteroatoms. The van der Waals surface area contributed by atoms with Crippen molar-refractivity contribution in [3.8, 4) is 0 Å². The highest BCUT2D eigenvalue weighted by Crippen LogP contribution is 1.98. The largest absolute Gasteiger partial charge is 0.292 e. The standard InChI is InChI=1S/C9H9NO/c1-2-5-9(11)8-6-3-4-7-10-8/h2-4,6-7H,1,5H2. The summed E-state index contributed by atoms with van der Waals surface area (Å²) in [5.74, 6) is 0.0144. The predicted molar refractivity (Wildman–Crippen MR) is 43.4 cm³/mol. The van der Waals surface area contributed by atoms with Gasteiger partial charge in [0, 0.05) is 12.6 Å². The summed E-state index contributed by atoms with van der Waals surface area (Å²) < 4.78 is 0. The molecular weight excluding hydrogens is 138 g/mol. The summed E-state index contributed by atoms with van der Waals surface area (Å²) in [6.45, 7) is 3.48. The third kappa shape index (κ3) is 2.00. The molecule has 0 spiro atoms. The maximum atomic E-state index is 11.1. The van der Waals surface area contributed by atoms with Gasteiger partial charge in [-0.05, 0) is 12.1 Å². The molecule has 0 atom stereocenters. The van der Waals surface area contributed by atoms with E-state index in [0.29, 0.717) is 12.1 Å². The van der Waals surface area contributed by atoms with Gasteiger partial charge in [-0.15, -0.1) is 6.58 Å². The quantitative estimate of drug-likeness (QED) is 0.482. The van der Waals surface area contributed by atoms with Crippen molar-refractivity contribution in [3.05, 3.63) is 42.7 Å². The zero-order valence-electron chi connectivity index (χ0n) is 6.16. The Balaban J connectivity index is 2.77. The number of carbonyl (C=O) groups excluding carboxylic acids is 1. The summed E-state index contributed by atoms with van der Waals surface area (Å²) in [5, 5.41) is 0. The molecular formula is C9H9NO. The van der Waals surface area contributed by atoms with Crippen molar-refractivity contribution < 1.29 is 4.79 Å². The van der Waals surface area contributed by atoms with E-state index in [4.69, 9.17) is 0 Å².